The molecule has 0 aliphatic carbocycles. The molecule has 25 heavy (non-hydrogen) atoms. The number of hydrogen-bond acceptors (Lipinski definition) is 5. The maximum atomic E-state index is 11.6. The van der Waals surface area contributed by atoms with Gasteiger partial charge in [-0.25, -0.2) is 8.42 Å². The first kappa shape index (κ1) is 17.4. The topological polar surface area (TPSA) is 72.0 Å². The summed E-state index contributed by atoms with van der Waals surface area (Å²) in [5.74, 6) is 0. The van der Waals surface area contributed by atoms with Crippen LogP contribution in [-0.4, -0.2) is 30.9 Å². The molecule has 0 fully saturated rings. The number of anilines is 1. The summed E-state index contributed by atoms with van der Waals surface area (Å²) in [6.45, 7) is 6.11. The normalized spacial score (nSPS) is 11.9. The number of fused-ring (bicyclic) bond motifs is 1. The van der Waals surface area contributed by atoms with Crippen molar-refractivity contribution >= 4 is 26.4 Å². The van der Waals surface area contributed by atoms with Crippen molar-refractivity contribution in [3.63, 3.8) is 0 Å². The van der Waals surface area contributed by atoms with Gasteiger partial charge in [-0.1, -0.05) is 18.2 Å². The third-order valence-electron chi connectivity index (χ3n) is 3.99. The molecule has 0 aliphatic heterocycles. The molecule has 0 bridgehead atoms. The number of hydrogen-bond donors (Lipinski definition) is 1. The van der Waals surface area contributed by atoms with E-state index in [1.807, 2.05) is 37.3 Å². The lowest BCUT2D eigenvalue weighted by Crippen LogP contribution is -2.12. The van der Waals surface area contributed by atoms with Crippen molar-refractivity contribution in [3.05, 3.63) is 48.2 Å². The molecule has 0 radical (unpaired) electrons. The van der Waals surface area contributed by atoms with E-state index in [1.54, 1.807) is 12.1 Å². The molecule has 0 aliphatic rings. The minimum atomic E-state index is -3.19. The van der Waals surface area contributed by atoms with Crippen LogP contribution in [0, 0.1) is 6.92 Å². The zero-order valence-corrected chi connectivity index (χ0v) is 15.6. The van der Waals surface area contributed by atoms with Crippen molar-refractivity contribution in [1.82, 2.24) is 10.2 Å². The lowest BCUT2D eigenvalue weighted by atomic mass is 10.0. The second-order valence-electron chi connectivity index (χ2n) is 6.49. The average molecular weight is 355 g/mol. The average Bonchev–Trinajstić information content (AvgIpc) is 2.56. The summed E-state index contributed by atoms with van der Waals surface area (Å²) in [6, 6.07) is 13.2. The molecule has 0 unspecified atom stereocenters. The Hall–Kier alpha value is -2.47. The lowest BCUT2D eigenvalue weighted by molar-refractivity contribution is 0.602. The van der Waals surface area contributed by atoms with E-state index < -0.39 is 9.84 Å². The molecule has 5 nitrogen and oxygen atoms in total. The number of nitrogens with one attached hydrogen (secondary N) is 1. The van der Waals surface area contributed by atoms with Gasteiger partial charge in [0.1, 0.15) is 0 Å². The van der Waals surface area contributed by atoms with Crippen molar-refractivity contribution in [2.24, 2.45) is 0 Å². The van der Waals surface area contributed by atoms with Crippen molar-refractivity contribution in [3.8, 4) is 11.1 Å². The van der Waals surface area contributed by atoms with Crippen molar-refractivity contribution < 1.29 is 8.42 Å². The second kappa shape index (κ2) is 6.44. The zero-order valence-electron chi connectivity index (χ0n) is 14.7. The van der Waals surface area contributed by atoms with Crippen molar-refractivity contribution in [2.45, 2.75) is 31.7 Å². The van der Waals surface area contributed by atoms with E-state index >= 15 is 0 Å². The Morgan fingerprint density at radius 2 is 1.60 bits per heavy atom. The van der Waals surface area contributed by atoms with E-state index in [0.717, 1.165) is 33.4 Å². The van der Waals surface area contributed by atoms with Crippen LogP contribution in [0.1, 0.15) is 19.5 Å². The Morgan fingerprint density at radius 3 is 2.20 bits per heavy atom. The van der Waals surface area contributed by atoms with Crippen LogP contribution in [0.3, 0.4) is 0 Å². The Labute approximate surface area is 148 Å². The fourth-order valence-corrected chi connectivity index (χ4v) is 3.38. The number of aryl methyl sites for hydroxylation is 1. The van der Waals surface area contributed by atoms with Gasteiger partial charge >= 0.3 is 0 Å². The maximum absolute atomic E-state index is 11.6. The van der Waals surface area contributed by atoms with Crippen LogP contribution in [0.25, 0.3) is 22.0 Å². The fraction of sp³-hybridized carbons (Fsp3) is 0.263. The second-order valence-corrected chi connectivity index (χ2v) is 8.50. The molecule has 3 rings (SSSR count). The van der Waals surface area contributed by atoms with Crippen LogP contribution < -0.4 is 5.32 Å². The highest BCUT2D eigenvalue weighted by atomic mass is 32.2. The number of aromatic nitrogens is 2. The van der Waals surface area contributed by atoms with Gasteiger partial charge in [-0.05, 0) is 56.2 Å². The molecule has 0 saturated heterocycles. The van der Waals surface area contributed by atoms with Gasteiger partial charge in [0.05, 0.1) is 21.8 Å². The Morgan fingerprint density at radius 1 is 0.960 bits per heavy atom. The van der Waals surface area contributed by atoms with E-state index in [4.69, 9.17) is 0 Å². The summed E-state index contributed by atoms with van der Waals surface area (Å²) in [7, 11) is -3.19. The smallest absolute Gasteiger partial charge is 0.175 e. The Kier molecular flexibility index (Phi) is 4.47. The van der Waals surface area contributed by atoms with Gasteiger partial charge in [0, 0.05) is 17.7 Å². The number of rotatable bonds is 4. The molecule has 2 aromatic carbocycles. The zero-order chi connectivity index (χ0) is 18.2. The molecule has 1 N–H and O–H groups in total. The predicted octanol–water partition coefficient (Wildman–Crippen LogP) is 3.83. The molecule has 0 spiro atoms. The summed E-state index contributed by atoms with van der Waals surface area (Å²) < 4.78 is 23.2. The molecule has 0 amide bonds. The van der Waals surface area contributed by atoms with E-state index in [1.165, 1.54) is 6.26 Å². The summed E-state index contributed by atoms with van der Waals surface area (Å²) >= 11 is 0. The molecule has 0 saturated carbocycles. The van der Waals surface area contributed by atoms with Crippen LogP contribution in [0.15, 0.2) is 47.4 Å². The number of sulfone groups is 1. The number of benzene rings is 2. The van der Waals surface area contributed by atoms with E-state index in [0.29, 0.717) is 10.9 Å². The third kappa shape index (κ3) is 3.64. The lowest BCUT2D eigenvalue weighted by Gasteiger charge is -2.15. The maximum Gasteiger partial charge on any atom is 0.175 e. The summed E-state index contributed by atoms with van der Waals surface area (Å²) in [4.78, 5) is 0.316. The summed E-state index contributed by atoms with van der Waals surface area (Å²) in [5.41, 5.74) is 4.58. The number of nitrogens with zero attached hydrogens (tertiary/aromatic N) is 2. The van der Waals surface area contributed by atoms with Crippen molar-refractivity contribution in [1.29, 1.82) is 0 Å². The van der Waals surface area contributed by atoms with Gasteiger partial charge in [-0.2, -0.15) is 10.2 Å². The highest BCUT2D eigenvalue weighted by Gasteiger charge is 2.11. The molecule has 3 aromatic rings. The minimum absolute atomic E-state index is 0.300. The molecule has 1 aromatic heterocycles. The predicted molar refractivity (Wildman–Crippen MR) is 102 cm³/mol. The Balaban J connectivity index is 2.06. The molecule has 1 heterocycles. The first-order chi connectivity index (χ1) is 11.8. The van der Waals surface area contributed by atoms with Crippen LogP contribution in [-0.2, 0) is 9.84 Å². The van der Waals surface area contributed by atoms with E-state index in [9.17, 15) is 8.42 Å². The fourth-order valence-electron chi connectivity index (χ4n) is 2.74. The highest BCUT2D eigenvalue weighted by Crippen LogP contribution is 2.29. The first-order valence-corrected chi connectivity index (χ1v) is 9.99. The summed E-state index contributed by atoms with van der Waals surface area (Å²) in [5, 5.41) is 13.0. The van der Waals surface area contributed by atoms with Gasteiger partial charge in [0.2, 0.25) is 0 Å². The quantitative estimate of drug-likeness (QED) is 0.770. The monoisotopic (exact) mass is 355 g/mol. The van der Waals surface area contributed by atoms with Crippen molar-refractivity contribution in [2.75, 3.05) is 11.6 Å². The largest absolute Gasteiger partial charge is 0.381 e. The van der Waals surface area contributed by atoms with E-state index in [-0.39, 0.29) is 0 Å². The minimum Gasteiger partial charge on any atom is -0.381 e. The summed E-state index contributed by atoms with van der Waals surface area (Å²) in [6.07, 6.45) is 1.21. The Bertz CT molecular complexity index is 1030. The first-order valence-electron chi connectivity index (χ1n) is 8.10. The van der Waals surface area contributed by atoms with Gasteiger partial charge in [-0.15, -0.1) is 0 Å². The van der Waals surface area contributed by atoms with Crippen LogP contribution in [0.2, 0.25) is 0 Å². The standard InChI is InChI=1S/C19H21N3O2S/c1-12(2)20-19-13(3)21-22-18-11-15(7-10-17(18)19)14-5-8-16(9-6-14)25(4,23)24/h5-12H,1-4H3,(H,20,22). The van der Waals surface area contributed by atoms with Gasteiger partial charge in [-0.3, -0.25) is 0 Å². The molecule has 6 heteroatoms. The highest BCUT2D eigenvalue weighted by molar-refractivity contribution is 7.90. The van der Waals surface area contributed by atoms with Crippen LogP contribution in [0.4, 0.5) is 5.69 Å². The molecule has 0 atom stereocenters. The molecule has 130 valence electrons. The van der Waals surface area contributed by atoms with Gasteiger partial charge < -0.3 is 5.32 Å². The van der Waals surface area contributed by atoms with Crippen LogP contribution in [0.5, 0.6) is 0 Å². The molecular weight excluding hydrogens is 334 g/mol. The SMILES string of the molecule is Cc1nnc2cc(-c3ccc(S(C)(=O)=O)cc3)ccc2c1NC(C)C. The third-order valence-corrected chi connectivity index (χ3v) is 5.11. The van der Waals surface area contributed by atoms with E-state index in [2.05, 4.69) is 29.4 Å². The van der Waals surface area contributed by atoms with Gasteiger partial charge in [0.15, 0.2) is 9.84 Å². The van der Waals surface area contributed by atoms with Gasteiger partial charge in [0.25, 0.3) is 0 Å². The van der Waals surface area contributed by atoms with Crippen LogP contribution >= 0.6 is 0 Å². The molecular formula is C19H21N3O2S.